The van der Waals surface area contributed by atoms with Crippen molar-refractivity contribution in [1.82, 2.24) is 10.2 Å². The average molecular weight is 409 g/mol. The number of hydrogen-bond donors (Lipinski definition) is 2. The Kier molecular flexibility index (Phi) is 7.35. The van der Waals surface area contributed by atoms with Crippen LogP contribution in [0.2, 0.25) is 5.02 Å². The van der Waals surface area contributed by atoms with Crippen molar-refractivity contribution in [3.05, 3.63) is 63.2 Å². The zero-order valence-corrected chi connectivity index (χ0v) is 16.8. The highest BCUT2D eigenvalue weighted by molar-refractivity contribution is 7.80. The van der Waals surface area contributed by atoms with Crippen molar-refractivity contribution in [3.63, 3.8) is 0 Å². The van der Waals surface area contributed by atoms with E-state index in [2.05, 4.69) is 10.6 Å². The van der Waals surface area contributed by atoms with E-state index in [1.807, 2.05) is 43.3 Å². The number of para-hydroxylation sites is 1. The van der Waals surface area contributed by atoms with Crippen molar-refractivity contribution in [2.24, 2.45) is 0 Å². The Bertz CT molecular complexity index is 832. The summed E-state index contributed by atoms with van der Waals surface area (Å²) in [7, 11) is 5.56. The number of ether oxygens (including phenoxy) is 1. The summed E-state index contributed by atoms with van der Waals surface area (Å²) < 4.78 is 5.45. The van der Waals surface area contributed by atoms with Gasteiger partial charge in [0.2, 0.25) is 0 Å². The molecule has 0 aliphatic carbocycles. The molecule has 0 saturated heterocycles. The van der Waals surface area contributed by atoms with Crippen LogP contribution in [0.15, 0.2) is 42.5 Å². The van der Waals surface area contributed by atoms with Crippen LogP contribution >= 0.6 is 23.8 Å². The summed E-state index contributed by atoms with van der Waals surface area (Å²) >= 11 is 11.4. The lowest BCUT2D eigenvalue weighted by atomic mass is 10.0. The van der Waals surface area contributed by atoms with Crippen molar-refractivity contribution in [1.29, 1.82) is 0 Å². The van der Waals surface area contributed by atoms with Gasteiger partial charge in [-0.1, -0.05) is 29.8 Å². The first-order valence-electron chi connectivity index (χ1n) is 8.11. The van der Waals surface area contributed by atoms with Gasteiger partial charge in [-0.05, 0) is 38.4 Å². The molecule has 9 heteroatoms. The van der Waals surface area contributed by atoms with Crippen LogP contribution in [-0.2, 0) is 0 Å². The fourth-order valence-corrected chi connectivity index (χ4v) is 2.95. The van der Waals surface area contributed by atoms with Gasteiger partial charge in [0.15, 0.2) is 5.11 Å². The number of methoxy groups -OCH3 is 1. The van der Waals surface area contributed by atoms with Gasteiger partial charge >= 0.3 is 0 Å². The lowest BCUT2D eigenvalue weighted by Gasteiger charge is -2.27. The number of thiocarbonyl (C=S) groups is 1. The lowest BCUT2D eigenvalue weighted by Crippen LogP contribution is -2.37. The number of rotatable bonds is 7. The van der Waals surface area contributed by atoms with E-state index in [1.165, 1.54) is 18.2 Å². The largest absolute Gasteiger partial charge is 0.496 e. The van der Waals surface area contributed by atoms with Crippen molar-refractivity contribution in [2.45, 2.75) is 6.04 Å². The van der Waals surface area contributed by atoms with E-state index in [1.54, 1.807) is 7.11 Å². The van der Waals surface area contributed by atoms with E-state index in [4.69, 9.17) is 28.6 Å². The first-order chi connectivity index (χ1) is 12.8. The summed E-state index contributed by atoms with van der Waals surface area (Å²) in [5.74, 6) is 0.790. The van der Waals surface area contributed by atoms with Crippen LogP contribution in [0.3, 0.4) is 0 Å². The van der Waals surface area contributed by atoms with Gasteiger partial charge in [-0.15, -0.1) is 0 Å². The number of anilines is 1. The minimum Gasteiger partial charge on any atom is -0.496 e. The van der Waals surface area contributed by atoms with Gasteiger partial charge < -0.3 is 20.3 Å². The quantitative estimate of drug-likeness (QED) is 0.409. The number of non-ortho nitro benzene ring substituents is 1. The molecule has 27 heavy (non-hydrogen) atoms. The fourth-order valence-electron chi connectivity index (χ4n) is 2.59. The molecule has 2 N–H and O–H groups in total. The number of nitrogens with zero attached hydrogens (tertiary/aromatic N) is 2. The molecular formula is C18H21ClN4O3S. The van der Waals surface area contributed by atoms with Gasteiger partial charge in [0.05, 0.1) is 28.8 Å². The maximum Gasteiger partial charge on any atom is 0.271 e. The van der Waals surface area contributed by atoms with E-state index in [0.717, 1.165) is 11.3 Å². The van der Waals surface area contributed by atoms with Crippen LogP contribution < -0.4 is 15.4 Å². The molecule has 0 heterocycles. The SMILES string of the molecule is COc1ccccc1[C@@H](CNC(=S)Nc1cc([N+](=O)[O-])ccc1Cl)N(C)C. The number of halogens is 1. The monoisotopic (exact) mass is 408 g/mol. The van der Waals surface area contributed by atoms with Gasteiger partial charge in [0, 0.05) is 24.2 Å². The number of benzene rings is 2. The zero-order valence-electron chi connectivity index (χ0n) is 15.2. The van der Waals surface area contributed by atoms with Gasteiger partial charge in [-0.2, -0.15) is 0 Å². The van der Waals surface area contributed by atoms with Crippen molar-refractivity contribution in [3.8, 4) is 5.75 Å². The summed E-state index contributed by atoms with van der Waals surface area (Å²) in [6.45, 7) is 0.506. The van der Waals surface area contributed by atoms with Crippen LogP contribution in [0.1, 0.15) is 11.6 Å². The predicted molar refractivity (Wildman–Crippen MR) is 112 cm³/mol. The summed E-state index contributed by atoms with van der Waals surface area (Å²) in [5, 5.41) is 17.6. The van der Waals surface area contributed by atoms with Gasteiger partial charge in [-0.3, -0.25) is 10.1 Å². The van der Waals surface area contributed by atoms with E-state index in [-0.39, 0.29) is 11.7 Å². The van der Waals surface area contributed by atoms with Gasteiger partial charge in [0.1, 0.15) is 5.75 Å². The molecule has 7 nitrogen and oxygen atoms in total. The van der Waals surface area contributed by atoms with Crippen LogP contribution in [0.25, 0.3) is 0 Å². The Labute approximate surface area is 168 Å². The van der Waals surface area contributed by atoms with Gasteiger partial charge in [-0.25, -0.2) is 0 Å². The third-order valence-electron chi connectivity index (χ3n) is 3.99. The average Bonchev–Trinajstić information content (AvgIpc) is 2.63. The molecule has 2 aromatic carbocycles. The normalized spacial score (nSPS) is 11.7. The molecule has 2 aromatic rings. The number of hydrogen-bond acceptors (Lipinski definition) is 5. The van der Waals surface area contributed by atoms with Crippen LogP contribution in [0, 0.1) is 10.1 Å². The Morgan fingerprint density at radius 3 is 2.67 bits per heavy atom. The molecule has 0 fully saturated rings. The number of nitro benzene ring substituents is 1. The lowest BCUT2D eigenvalue weighted by molar-refractivity contribution is -0.384. The highest BCUT2D eigenvalue weighted by Gasteiger charge is 2.19. The summed E-state index contributed by atoms with van der Waals surface area (Å²) in [6, 6.07) is 11.9. The predicted octanol–water partition coefficient (Wildman–Crippen LogP) is 3.85. The van der Waals surface area contributed by atoms with Crippen molar-refractivity contribution in [2.75, 3.05) is 33.1 Å². The summed E-state index contributed by atoms with van der Waals surface area (Å²) in [4.78, 5) is 12.5. The molecule has 1 atom stereocenters. The number of nitrogens with one attached hydrogen (secondary N) is 2. The molecule has 0 bridgehead atoms. The molecule has 144 valence electrons. The summed E-state index contributed by atoms with van der Waals surface area (Å²) in [6.07, 6.45) is 0. The fraction of sp³-hybridized carbons (Fsp3) is 0.278. The molecular weight excluding hydrogens is 388 g/mol. The van der Waals surface area contributed by atoms with Crippen molar-refractivity contribution >= 4 is 40.3 Å². The Hall–Kier alpha value is -2.42. The molecule has 0 amide bonds. The molecule has 0 unspecified atom stereocenters. The highest BCUT2D eigenvalue weighted by atomic mass is 35.5. The van der Waals surface area contributed by atoms with Crippen LogP contribution in [0.5, 0.6) is 5.75 Å². The maximum atomic E-state index is 10.9. The molecule has 0 saturated carbocycles. The van der Waals surface area contributed by atoms with E-state index in [0.29, 0.717) is 22.4 Å². The van der Waals surface area contributed by atoms with Crippen molar-refractivity contribution < 1.29 is 9.66 Å². The molecule has 0 radical (unpaired) electrons. The van der Waals surface area contributed by atoms with E-state index < -0.39 is 4.92 Å². The number of likely N-dealkylation sites (N-methyl/N-ethyl adjacent to an activating group) is 1. The number of nitro groups is 1. The summed E-state index contributed by atoms with van der Waals surface area (Å²) in [5.41, 5.74) is 1.33. The van der Waals surface area contributed by atoms with Crippen LogP contribution in [-0.4, -0.2) is 42.7 Å². The van der Waals surface area contributed by atoms with E-state index >= 15 is 0 Å². The molecule has 0 aliphatic rings. The molecule has 0 spiro atoms. The maximum absolute atomic E-state index is 10.9. The third-order valence-corrected chi connectivity index (χ3v) is 4.56. The second-order valence-electron chi connectivity index (χ2n) is 5.98. The smallest absolute Gasteiger partial charge is 0.271 e. The molecule has 2 rings (SSSR count). The first-order valence-corrected chi connectivity index (χ1v) is 8.90. The Morgan fingerprint density at radius 2 is 2.04 bits per heavy atom. The minimum absolute atomic E-state index is 0.00137. The topological polar surface area (TPSA) is 79.7 Å². The second-order valence-corrected chi connectivity index (χ2v) is 6.79. The van der Waals surface area contributed by atoms with Gasteiger partial charge in [0.25, 0.3) is 5.69 Å². The van der Waals surface area contributed by atoms with E-state index in [9.17, 15) is 10.1 Å². The zero-order chi connectivity index (χ0) is 20.0. The van der Waals surface area contributed by atoms with Crippen LogP contribution in [0.4, 0.5) is 11.4 Å². The molecule has 0 aromatic heterocycles. The first kappa shape index (κ1) is 20.9. The Morgan fingerprint density at radius 1 is 1.33 bits per heavy atom. The second kappa shape index (κ2) is 9.50. The Balaban J connectivity index is 2.09. The standard InChI is InChI=1S/C18H21ClN4O3S/c1-22(2)16(13-6-4-5-7-17(13)26-3)11-20-18(27)21-15-10-12(23(24)25)8-9-14(15)19/h4-10,16H,11H2,1-3H3,(H2,20,21,27)/t16-/m1/s1. The third kappa shape index (κ3) is 5.53. The molecule has 0 aliphatic heterocycles. The highest BCUT2D eigenvalue weighted by Crippen LogP contribution is 2.28. The minimum atomic E-state index is -0.484.